The third kappa shape index (κ3) is 4.77. The van der Waals surface area contributed by atoms with Gasteiger partial charge in [0.1, 0.15) is 11.6 Å². The quantitative estimate of drug-likeness (QED) is 0.753. The molecule has 1 aromatic carbocycles. The lowest BCUT2D eigenvalue weighted by molar-refractivity contribution is -0.121. The third-order valence-corrected chi connectivity index (χ3v) is 1.99. The van der Waals surface area contributed by atoms with Gasteiger partial charge in [0.25, 0.3) is 0 Å². The molecule has 0 saturated carbocycles. The van der Waals surface area contributed by atoms with Crippen LogP contribution >= 0.6 is 0 Å². The van der Waals surface area contributed by atoms with Gasteiger partial charge in [0.2, 0.25) is 5.91 Å². The number of rotatable bonds is 6. The van der Waals surface area contributed by atoms with Gasteiger partial charge in [-0.15, -0.1) is 0 Å². The number of carbonyl (C=O) groups is 1. The van der Waals surface area contributed by atoms with E-state index in [0.29, 0.717) is 31.7 Å². The van der Waals surface area contributed by atoms with Crippen LogP contribution in [0.25, 0.3) is 0 Å². The van der Waals surface area contributed by atoms with Crippen LogP contribution in [0.1, 0.15) is 19.8 Å². The van der Waals surface area contributed by atoms with Gasteiger partial charge in [-0.1, -0.05) is 6.07 Å². The molecule has 0 fully saturated rings. The summed E-state index contributed by atoms with van der Waals surface area (Å²) < 4.78 is 18.1. The van der Waals surface area contributed by atoms with E-state index >= 15 is 0 Å². The fourth-order valence-corrected chi connectivity index (χ4v) is 1.27. The van der Waals surface area contributed by atoms with Crippen LogP contribution in [0.3, 0.4) is 0 Å². The molecule has 0 atom stereocenters. The molecule has 0 spiro atoms. The number of ether oxygens (including phenoxy) is 1. The molecule has 16 heavy (non-hydrogen) atoms. The lowest BCUT2D eigenvalue weighted by atomic mass is 10.3. The molecule has 1 rings (SSSR count). The molecule has 88 valence electrons. The van der Waals surface area contributed by atoms with E-state index in [1.165, 1.54) is 12.1 Å². The molecular weight excluding hydrogens is 209 g/mol. The van der Waals surface area contributed by atoms with Crippen LogP contribution in [0, 0.1) is 5.82 Å². The second-order valence-corrected chi connectivity index (χ2v) is 3.36. The van der Waals surface area contributed by atoms with Crippen LogP contribution in [-0.2, 0) is 4.79 Å². The minimum atomic E-state index is -0.318. The van der Waals surface area contributed by atoms with Crippen molar-refractivity contribution in [1.82, 2.24) is 5.32 Å². The van der Waals surface area contributed by atoms with Gasteiger partial charge in [0.15, 0.2) is 0 Å². The first-order chi connectivity index (χ1) is 7.72. The van der Waals surface area contributed by atoms with Gasteiger partial charge >= 0.3 is 0 Å². The SMILES string of the molecule is CCNC(=O)CCCOc1cccc(F)c1. The topological polar surface area (TPSA) is 38.3 Å². The Morgan fingerprint density at radius 1 is 1.50 bits per heavy atom. The van der Waals surface area contributed by atoms with E-state index in [2.05, 4.69) is 5.32 Å². The van der Waals surface area contributed by atoms with Crippen molar-refractivity contribution < 1.29 is 13.9 Å². The van der Waals surface area contributed by atoms with Crippen molar-refractivity contribution in [3.8, 4) is 5.75 Å². The number of benzene rings is 1. The van der Waals surface area contributed by atoms with Crippen molar-refractivity contribution in [2.75, 3.05) is 13.2 Å². The molecule has 0 aliphatic heterocycles. The maximum atomic E-state index is 12.8. The zero-order chi connectivity index (χ0) is 11.8. The van der Waals surface area contributed by atoms with Gasteiger partial charge in [0.05, 0.1) is 6.61 Å². The molecule has 3 nitrogen and oxygen atoms in total. The second-order valence-electron chi connectivity index (χ2n) is 3.36. The lowest BCUT2D eigenvalue weighted by Crippen LogP contribution is -2.22. The molecule has 1 amide bonds. The predicted octanol–water partition coefficient (Wildman–Crippen LogP) is 2.12. The maximum absolute atomic E-state index is 12.8. The Morgan fingerprint density at radius 2 is 2.31 bits per heavy atom. The van der Waals surface area contributed by atoms with Crippen LogP contribution in [0.5, 0.6) is 5.75 Å². The molecule has 1 aromatic rings. The number of hydrogen-bond donors (Lipinski definition) is 1. The van der Waals surface area contributed by atoms with Crippen molar-refractivity contribution in [2.45, 2.75) is 19.8 Å². The van der Waals surface area contributed by atoms with Crippen LogP contribution < -0.4 is 10.1 Å². The second kappa shape index (κ2) is 6.82. The molecule has 0 aliphatic rings. The molecule has 0 saturated heterocycles. The zero-order valence-corrected chi connectivity index (χ0v) is 9.33. The fourth-order valence-electron chi connectivity index (χ4n) is 1.27. The van der Waals surface area contributed by atoms with Gasteiger partial charge in [-0.2, -0.15) is 0 Å². The number of hydrogen-bond acceptors (Lipinski definition) is 2. The van der Waals surface area contributed by atoms with Crippen molar-refractivity contribution in [3.63, 3.8) is 0 Å². The monoisotopic (exact) mass is 225 g/mol. The van der Waals surface area contributed by atoms with E-state index in [4.69, 9.17) is 4.74 Å². The Hall–Kier alpha value is -1.58. The highest BCUT2D eigenvalue weighted by molar-refractivity contribution is 5.75. The summed E-state index contributed by atoms with van der Waals surface area (Å²) in [5, 5.41) is 2.70. The minimum absolute atomic E-state index is 0.0188. The van der Waals surface area contributed by atoms with Crippen LogP contribution in [0.4, 0.5) is 4.39 Å². The van der Waals surface area contributed by atoms with Crippen molar-refractivity contribution in [2.24, 2.45) is 0 Å². The van der Waals surface area contributed by atoms with Gasteiger partial charge < -0.3 is 10.1 Å². The summed E-state index contributed by atoms with van der Waals surface area (Å²) in [5.74, 6) is 0.197. The Kier molecular flexibility index (Phi) is 5.32. The zero-order valence-electron chi connectivity index (χ0n) is 9.33. The Morgan fingerprint density at radius 3 is 3.00 bits per heavy atom. The molecule has 1 N–H and O–H groups in total. The van der Waals surface area contributed by atoms with E-state index in [1.807, 2.05) is 6.92 Å². The molecule has 0 aliphatic carbocycles. The Bertz CT molecular complexity index is 342. The summed E-state index contributed by atoms with van der Waals surface area (Å²) in [4.78, 5) is 11.1. The number of amides is 1. The number of carbonyl (C=O) groups excluding carboxylic acids is 1. The lowest BCUT2D eigenvalue weighted by Gasteiger charge is -2.05. The first-order valence-electron chi connectivity index (χ1n) is 5.37. The first kappa shape index (κ1) is 12.5. The van der Waals surface area contributed by atoms with E-state index in [9.17, 15) is 9.18 Å². The molecule has 0 radical (unpaired) electrons. The number of nitrogens with one attached hydrogen (secondary N) is 1. The Balaban J connectivity index is 2.18. The highest BCUT2D eigenvalue weighted by Gasteiger charge is 2.00. The van der Waals surface area contributed by atoms with Gasteiger partial charge in [-0.05, 0) is 25.5 Å². The van der Waals surface area contributed by atoms with E-state index in [0.717, 1.165) is 0 Å². The summed E-state index contributed by atoms with van der Waals surface area (Å²) in [7, 11) is 0. The van der Waals surface area contributed by atoms with Crippen LogP contribution in [-0.4, -0.2) is 19.1 Å². The summed E-state index contributed by atoms with van der Waals surface area (Å²) in [6.07, 6.45) is 1.06. The van der Waals surface area contributed by atoms with Gasteiger partial charge in [-0.3, -0.25) is 4.79 Å². The smallest absolute Gasteiger partial charge is 0.220 e. The van der Waals surface area contributed by atoms with Crippen molar-refractivity contribution >= 4 is 5.91 Å². The van der Waals surface area contributed by atoms with Gasteiger partial charge in [-0.25, -0.2) is 4.39 Å². The molecule has 0 aromatic heterocycles. The summed E-state index contributed by atoms with van der Waals surface area (Å²) in [6, 6.07) is 5.97. The van der Waals surface area contributed by atoms with Crippen LogP contribution in [0.2, 0.25) is 0 Å². The van der Waals surface area contributed by atoms with E-state index < -0.39 is 0 Å². The highest BCUT2D eigenvalue weighted by atomic mass is 19.1. The largest absolute Gasteiger partial charge is 0.493 e. The fraction of sp³-hybridized carbons (Fsp3) is 0.417. The van der Waals surface area contributed by atoms with Crippen LogP contribution in [0.15, 0.2) is 24.3 Å². The van der Waals surface area contributed by atoms with Crippen molar-refractivity contribution in [3.05, 3.63) is 30.1 Å². The average molecular weight is 225 g/mol. The maximum Gasteiger partial charge on any atom is 0.220 e. The average Bonchev–Trinajstić information content (AvgIpc) is 2.25. The highest BCUT2D eigenvalue weighted by Crippen LogP contribution is 2.12. The molecule has 4 heteroatoms. The predicted molar refractivity (Wildman–Crippen MR) is 59.8 cm³/mol. The first-order valence-corrected chi connectivity index (χ1v) is 5.37. The molecule has 0 heterocycles. The van der Waals surface area contributed by atoms with Crippen molar-refractivity contribution in [1.29, 1.82) is 0 Å². The van der Waals surface area contributed by atoms with E-state index in [1.54, 1.807) is 12.1 Å². The molecule has 0 bridgehead atoms. The Labute approximate surface area is 94.6 Å². The number of halogens is 1. The standard InChI is InChI=1S/C12H16FNO2/c1-2-14-12(15)7-4-8-16-11-6-3-5-10(13)9-11/h3,5-6,9H,2,4,7-8H2,1H3,(H,14,15). The van der Waals surface area contributed by atoms with E-state index in [-0.39, 0.29) is 11.7 Å². The minimum Gasteiger partial charge on any atom is -0.493 e. The summed E-state index contributed by atoms with van der Waals surface area (Å²) in [6.45, 7) is 2.94. The third-order valence-electron chi connectivity index (χ3n) is 1.99. The summed E-state index contributed by atoms with van der Waals surface area (Å²) >= 11 is 0. The normalized spacial score (nSPS) is 9.88. The summed E-state index contributed by atoms with van der Waals surface area (Å²) in [5.41, 5.74) is 0. The molecular formula is C12H16FNO2. The molecule has 0 unspecified atom stereocenters. The van der Waals surface area contributed by atoms with Gasteiger partial charge in [0, 0.05) is 19.0 Å².